The Morgan fingerprint density at radius 2 is 1.79 bits per heavy atom. The predicted octanol–water partition coefficient (Wildman–Crippen LogP) is 1.54. The van der Waals surface area contributed by atoms with Gasteiger partial charge >= 0.3 is 6.09 Å². The molecule has 0 spiro atoms. The van der Waals surface area contributed by atoms with E-state index >= 15 is 0 Å². The van der Waals surface area contributed by atoms with Gasteiger partial charge in [0.2, 0.25) is 0 Å². The monoisotopic (exact) mass is 265 g/mol. The maximum Gasteiger partial charge on any atom is 0.413 e. The van der Waals surface area contributed by atoms with Gasteiger partial charge in [-0.05, 0) is 38.1 Å². The minimum Gasteiger partial charge on any atom is -0.484 e. The summed E-state index contributed by atoms with van der Waals surface area (Å²) in [6.45, 7) is 2.98. The molecule has 1 aromatic carbocycles. The standard InChI is InChI=1S/C13H15NO5/c1-3-18-13(17)14-12(16)8-19-11-6-4-10(5-7-11)9(2)15/h4-7H,3,8H2,1-2H3,(H,14,16,17). The molecule has 0 aliphatic carbocycles. The number of Topliss-reactive ketones (excluding diaryl/α,β-unsaturated/α-hetero) is 1. The molecule has 102 valence electrons. The summed E-state index contributed by atoms with van der Waals surface area (Å²) in [6.07, 6.45) is -0.803. The van der Waals surface area contributed by atoms with Gasteiger partial charge in [0.05, 0.1) is 6.61 Å². The van der Waals surface area contributed by atoms with E-state index in [1.54, 1.807) is 31.2 Å². The second-order valence-corrected chi connectivity index (χ2v) is 3.64. The molecule has 1 N–H and O–H groups in total. The molecule has 6 heteroatoms. The van der Waals surface area contributed by atoms with Crippen molar-refractivity contribution >= 4 is 17.8 Å². The highest BCUT2D eigenvalue weighted by Gasteiger charge is 2.08. The molecule has 0 bridgehead atoms. The summed E-state index contributed by atoms with van der Waals surface area (Å²) < 4.78 is 9.69. The van der Waals surface area contributed by atoms with Crippen molar-refractivity contribution in [3.05, 3.63) is 29.8 Å². The minimum absolute atomic E-state index is 0.0494. The molecule has 1 aromatic rings. The van der Waals surface area contributed by atoms with Gasteiger partial charge in [0.25, 0.3) is 5.91 Å². The lowest BCUT2D eigenvalue weighted by atomic mass is 10.1. The average molecular weight is 265 g/mol. The van der Waals surface area contributed by atoms with Gasteiger partial charge in [0, 0.05) is 5.56 Å². The van der Waals surface area contributed by atoms with Crippen molar-refractivity contribution < 1.29 is 23.9 Å². The van der Waals surface area contributed by atoms with Crippen LogP contribution < -0.4 is 10.1 Å². The third-order valence-corrected chi connectivity index (χ3v) is 2.15. The Hall–Kier alpha value is -2.37. The molecule has 0 aliphatic heterocycles. The van der Waals surface area contributed by atoms with Crippen molar-refractivity contribution in [2.24, 2.45) is 0 Å². The summed E-state index contributed by atoms with van der Waals surface area (Å²) in [6, 6.07) is 6.35. The number of hydrogen-bond acceptors (Lipinski definition) is 5. The van der Waals surface area contributed by atoms with E-state index in [2.05, 4.69) is 4.74 Å². The summed E-state index contributed by atoms with van der Waals surface area (Å²) in [5.74, 6) is -0.218. The SMILES string of the molecule is CCOC(=O)NC(=O)COc1ccc(C(C)=O)cc1. The van der Waals surface area contributed by atoms with Crippen LogP contribution in [0, 0.1) is 0 Å². The first-order chi connectivity index (χ1) is 9.02. The van der Waals surface area contributed by atoms with Crippen LogP contribution in [-0.4, -0.2) is 31.0 Å². The van der Waals surface area contributed by atoms with Crippen LogP contribution in [0.4, 0.5) is 4.79 Å². The second kappa shape index (κ2) is 7.15. The van der Waals surface area contributed by atoms with Crippen LogP contribution in [0.15, 0.2) is 24.3 Å². The Morgan fingerprint density at radius 1 is 1.16 bits per heavy atom. The maximum atomic E-state index is 11.3. The van der Waals surface area contributed by atoms with Crippen LogP contribution in [0.2, 0.25) is 0 Å². The zero-order valence-corrected chi connectivity index (χ0v) is 10.8. The Labute approximate surface area is 110 Å². The van der Waals surface area contributed by atoms with Crippen molar-refractivity contribution in [2.45, 2.75) is 13.8 Å². The Bertz CT molecular complexity index is 466. The van der Waals surface area contributed by atoms with Crippen molar-refractivity contribution in [3.8, 4) is 5.75 Å². The van der Waals surface area contributed by atoms with Crippen LogP contribution in [0.1, 0.15) is 24.2 Å². The Kier molecular flexibility index (Phi) is 5.53. The molecule has 0 aromatic heterocycles. The van der Waals surface area contributed by atoms with Crippen LogP contribution in [-0.2, 0) is 9.53 Å². The summed E-state index contributed by atoms with van der Waals surface area (Å²) in [5, 5.41) is 2.00. The number of rotatable bonds is 5. The van der Waals surface area contributed by atoms with Gasteiger partial charge in [-0.3, -0.25) is 14.9 Å². The van der Waals surface area contributed by atoms with Gasteiger partial charge < -0.3 is 9.47 Å². The summed E-state index contributed by atoms with van der Waals surface area (Å²) in [4.78, 5) is 33.3. The number of benzene rings is 1. The average Bonchev–Trinajstić information content (AvgIpc) is 2.37. The minimum atomic E-state index is -0.803. The lowest BCUT2D eigenvalue weighted by molar-refractivity contribution is -0.122. The summed E-state index contributed by atoms with van der Waals surface area (Å²) in [5.41, 5.74) is 0.559. The lowest BCUT2D eigenvalue weighted by Gasteiger charge is -2.07. The number of carbonyl (C=O) groups excluding carboxylic acids is 3. The molecule has 0 unspecified atom stereocenters. The van der Waals surface area contributed by atoms with Gasteiger partial charge in [-0.1, -0.05) is 0 Å². The fourth-order valence-corrected chi connectivity index (χ4v) is 1.25. The molecule has 0 aliphatic rings. The van der Waals surface area contributed by atoms with Crippen molar-refractivity contribution in [1.82, 2.24) is 5.32 Å². The number of ketones is 1. The molecule has 1 rings (SSSR count). The number of carbonyl (C=O) groups is 3. The third kappa shape index (κ3) is 5.20. The van der Waals surface area contributed by atoms with E-state index in [0.29, 0.717) is 11.3 Å². The van der Waals surface area contributed by atoms with Gasteiger partial charge in [-0.25, -0.2) is 4.79 Å². The highest BCUT2D eigenvalue weighted by molar-refractivity contribution is 5.94. The second-order valence-electron chi connectivity index (χ2n) is 3.64. The highest BCUT2D eigenvalue weighted by atomic mass is 16.5. The molecule has 0 saturated carbocycles. The van der Waals surface area contributed by atoms with E-state index in [1.165, 1.54) is 6.92 Å². The number of nitrogens with one attached hydrogen (secondary N) is 1. The smallest absolute Gasteiger partial charge is 0.413 e. The maximum absolute atomic E-state index is 11.3. The first-order valence-electron chi connectivity index (χ1n) is 5.73. The molecular weight excluding hydrogens is 250 g/mol. The van der Waals surface area contributed by atoms with E-state index in [1.807, 2.05) is 5.32 Å². The van der Waals surface area contributed by atoms with E-state index in [0.717, 1.165) is 0 Å². The quantitative estimate of drug-likeness (QED) is 0.817. The zero-order chi connectivity index (χ0) is 14.3. The number of ether oxygens (including phenoxy) is 2. The van der Waals surface area contributed by atoms with E-state index in [-0.39, 0.29) is 19.0 Å². The number of imide groups is 1. The molecule has 19 heavy (non-hydrogen) atoms. The summed E-state index contributed by atoms with van der Waals surface area (Å²) in [7, 11) is 0. The first-order valence-corrected chi connectivity index (χ1v) is 5.73. The van der Waals surface area contributed by atoms with Crippen LogP contribution in [0.5, 0.6) is 5.75 Å². The molecule has 0 radical (unpaired) electrons. The normalized spacial score (nSPS) is 9.58. The van der Waals surface area contributed by atoms with E-state index < -0.39 is 12.0 Å². The predicted molar refractivity (Wildman–Crippen MR) is 67.1 cm³/mol. The fourth-order valence-electron chi connectivity index (χ4n) is 1.25. The number of amides is 2. The van der Waals surface area contributed by atoms with Gasteiger partial charge in [0.15, 0.2) is 12.4 Å². The number of hydrogen-bond donors (Lipinski definition) is 1. The molecule has 2 amide bonds. The molecule has 0 atom stereocenters. The van der Waals surface area contributed by atoms with E-state index in [9.17, 15) is 14.4 Å². The molecular formula is C13H15NO5. The van der Waals surface area contributed by atoms with E-state index in [4.69, 9.17) is 4.74 Å². The van der Waals surface area contributed by atoms with Crippen molar-refractivity contribution in [2.75, 3.05) is 13.2 Å². The highest BCUT2D eigenvalue weighted by Crippen LogP contribution is 2.12. The van der Waals surface area contributed by atoms with Crippen LogP contribution in [0.3, 0.4) is 0 Å². The zero-order valence-electron chi connectivity index (χ0n) is 10.8. The van der Waals surface area contributed by atoms with Crippen LogP contribution in [0.25, 0.3) is 0 Å². The van der Waals surface area contributed by atoms with Gasteiger partial charge in [-0.2, -0.15) is 0 Å². The third-order valence-electron chi connectivity index (χ3n) is 2.15. The van der Waals surface area contributed by atoms with Crippen molar-refractivity contribution in [1.29, 1.82) is 0 Å². The molecule has 0 fully saturated rings. The largest absolute Gasteiger partial charge is 0.484 e. The van der Waals surface area contributed by atoms with Gasteiger partial charge in [-0.15, -0.1) is 0 Å². The van der Waals surface area contributed by atoms with Crippen molar-refractivity contribution in [3.63, 3.8) is 0 Å². The molecule has 0 heterocycles. The summed E-state index contributed by atoms with van der Waals surface area (Å²) >= 11 is 0. The fraction of sp³-hybridized carbons (Fsp3) is 0.308. The Balaban J connectivity index is 2.42. The number of alkyl carbamates (subject to hydrolysis) is 1. The van der Waals surface area contributed by atoms with Crippen LogP contribution >= 0.6 is 0 Å². The Morgan fingerprint density at radius 3 is 2.32 bits per heavy atom. The van der Waals surface area contributed by atoms with Gasteiger partial charge in [0.1, 0.15) is 5.75 Å². The molecule has 6 nitrogen and oxygen atoms in total. The first kappa shape index (κ1) is 14.7. The molecule has 0 saturated heterocycles. The topological polar surface area (TPSA) is 81.7 Å². The lowest BCUT2D eigenvalue weighted by Crippen LogP contribution is -2.34.